The Kier molecular flexibility index (Phi) is 10.0. The number of halogens is 1. The smallest absolute Gasteiger partial charge is 0.322 e. The maximum atomic E-state index is 13.4. The summed E-state index contributed by atoms with van der Waals surface area (Å²) in [5.41, 5.74) is 1.62. The van der Waals surface area contributed by atoms with Crippen molar-refractivity contribution in [2.75, 3.05) is 31.6 Å². The number of benzene rings is 2. The number of furan rings is 1. The van der Waals surface area contributed by atoms with Crippen molar-refractivity contribution >= 4 is 17.6 Å². The van der Waals surface area contributed by atoms with Gasteiger partial charge in [-0.05, 0) is 61.4 Å². The van der Waals surface area contributed by atoms with Gasteiger partial charge in [0.25, 0.3) is 0 Å². The van der Waals surface area contributed by atoms with Crippen LogP contribution in [0.1, 0.15) is 30.2 Å². The van der Waals surface area contributed by atoms with Gasteiger partial charge in [-0.25, -0.2) is 9.18 Å². The van der Waals surface area contributed by atoms with Crippen molar-refractivity contribution in [2.45, 2.75) is 26.4 Å². The molecule has 0 spiro atoms. The summed E-state index contributed by atoms with van der Waals surface area (Å²) in [6.45, 7) is 3.42. The molecule has 0 radical (unpaired) electrons. The lowest BCUT2D eigenvalue weighted by Crippen LogP contribution is -2.44. The van der Waals surface area contributed by atoms with Crippen LogP contribution in [0.2, 0.25) is 0 Å². The van der Waals surface area contributed by atoms with Gasteiger partial charge in [-0.3, -0.25) is 4.79 Å². The Hall–Kier alpha value is -4.16. The average Bonchev–Trinajstić information content (AvgIpc) is 3.40. The van der Waals surface area contributed by atoms with E-state index in [9.17, 15) is 14.0 Å². The summed E-state index contributed by atoms with van der Waals surface area (Å²) in [5.74, 6) is -0.0699. The first kappa shape index (κ1) is 26.4. The maximum Gasteiger partial charge on any atom is 0.322 e. The summed E-state index contributed by atoms with van der Waals surface area (Å²) in [6, 6.07) is 17.5. The number of anilines is 1. The number of amides is 3. The highest BCUT2D eigenvalue weighted by molar-refractivity contribution is 5.92. The van der Waals surface area contributed by atoms with Crippen LogP contribution in [0.15, 0.2) is 71.3 Å². The van der Waals surface area contributed by atoms with Gasteiger partial charge in [0.2, 0.25) is 5.91 Å². The standard InChI is InChI=1S/C27H29FN4O4/c1-2-35-14-5-13-31(27(34)30-24-7-3-6-22(16-24)17-29)20-26(33)32(19-25-8-4-15-36-25)18-21-9-11-23(28)12-10-21/h3-4,6-12,15-16H,2,5,13-14,18-20H2,1H3,(H,30,34). The second kappa shape index (κ2) is 13.7. The normalized spacial score (nSPS) is 10.5. The first-order valence-electron chi connectivity index (χ1n) is 11.7. The monoisotopic (exact) mass is 492 g/mol. The number of carbonyl (C=O) groups is 2. The number of hydrogen-bond donors (Lipinski definition) is 1. The molecule has 9 heteroatoms. The molecule has 1 heterocycles. The van der Waals surface area contributed by atoms with E-state index in [1.807, 2.05) is 13.0 Å². The van der Waals surface area contributed by atoms with Gasteiger partial charge in [-0.2, -0.15) is 5.26 Å². The molecule has 36 heavy (non-hydrogen) atoms. The van der Waals surface area contributed by atoms with E-state index in [1.165, 1.54) is 23.3 Å². The topological polar surface area (TPSA) is 98.8 Å². The van der Waals surface area contributed by atoms with Crippen molar-refractivity contribution in [2.24, 2.45) is 0 Å². The second-order valence-corrected chi connectivity index (χ2v) is 8.05. The molecule has 0 saturated heterocycles. The van der Waals surface area contributed by atoms with Gasteiger partial charge in [0.05, 0.1) is 24.4 Å². The number of nitrogens with one attached hydrogen (secondary N) is 1. The van der Waals surface area contributed by atoms with Crippen molar-refractivity contribution < 1.29 is 23.1 Å². The Morgan fingerprint density at radius 3 is 2.58 bits per heavy atom. The van der Waals surface area contributed by atoms with Crippen LogP contribution in [0, 0.1) is 17.1 Å². The third-order valence-corrected chi connectivity index (χ3v) is 5.34. The molecular formula is C27H29FN4O4. The van der Waals surface area contributed by atoms with Gasteiger partial charge in [0.1, 0.15) is 18.1 Å². The van der Waals surface area contributed by atoms with Crippen molar-refractivity contribution in [3.05, 3.63) is 89.6 Å². The third kappa shape index (κ3) is 8.25. The van der Waals surface area contributed by atoms with E-state index in [2.05, 4.69) is 5.32 Å². The molecule has 1 aromatic heterocycles. The lowest BCUT2D eigenvalue weighted by atomic mass is 10.2. The minimum Gasteiger partial charge on any atom is -0.467 e. The van der Waals surface area contributed by atoms with Gasteiger partial charge < -0.3 is 24.3 Å². The van der Waals surface area contributed by atoms with Crippen molar-refractivity contribution in [3.63, 3.8) is 0 Å². The molecule has 3 amide bonds. The molecule has 0 aliphatic heterocycles. The van der Waals surface area contributed by atoms with E-state index in [-0.39, 0.29) is 31.4 Å². The number of ether oxygens (including phenoxy) is 1. The Labute approximate surface area is 209 Å². The minimum atomic E-state index is -0.463. The van der Waals surface area contributed by atoms with Crippen LogP contribution in [-0.4, -0.2) is 48.0 Å². The van der Waals surface area contributed by atoms with E-state index in [0.717, 1.165) is 5.56 Å². The highest BCUT2D eigenvalue weighted by Gasteiger charge is 2.23. The Balaban J connectivity index is 1.75. The average molecular weight is 493 g/mol. The van der Waals surface area contributed by atoms with Gasteiger partial charge in [-0.1, -0.05) is 18.2 Å². The second-order valence-electron chi connectivity index (χ2n) is 8.05. The Morgan fingerprint density at radius 1 is 1.08 bits per heavy atom. The lowest BCUT2D eigenvalue weighted by Gasteiger charge is -2.27. The summed E-state index contributed by atoms with van der Waals surface area (Å²) in [4.78, 5) is 29.5. The molecule has 0 bridgehead atoms. The molecule has 3 aromatic rings. The highest BCUT2D eigenvalue weighted by atomic mass is 19.1. The van der Waals surface area contributed by atoms with Gasteiger partial charge in [-0.15, -0.1) is 0 Å². The predicted molar refractivity (Wildman–Crippen MR) is 132 cm³/mol. The molecule has 0 saturated carbocycles. The fourth-order valence-electron chi connectivity index (χ4n) is 3.52. The lowest BCUT2D eigenvalue weighted by molar-refractivity contribution is -0.133. The van der Waals surface area contributed by atoms with Gasteiger partial charge in [0.15, 0.2) is 0 Å². The molecule has 3 rings (SSSR count). The van der Waals surface area contributed by atoms with Crippen molar-refractivity contribution in [1.82, 2.24) is 9.80 Å². The zero-order valence-corrected chi connectivity index (χ0v) is 20.2. The molecule has 0 aliphatic carbocycles. The van der Waals surface area contributed by atoms with Crippen LogP contribution in [0.3, 0.4) is 0 Å². The molecule has 188 valence electrons. The van der Waals surface area contributed by atoms with E-state index in [4.69, 9.17) is 14.4 Å². The quantitative estimate of drug-likeness (QED) is 0.367. The number of hydrogen-bond acceptors (Lipinski definition) is 5. The van der Waals surface area contributed by atoms with Crippen LogP contribution < -0.4 is 5.32 Å². The molecule has 8 nitrogen and oxygen atoms in total. The maximum absolute atomic E-state index is 13.4. The molecule has 0 unspecified atom stereocenters. The largest absolute Gasteiger partial charge is 0.467 e. The highest BCUT2D eigenvalue weighted by Crippen LogP contribution is 2.14. The van der Waals surface area contributed by atoms with Crippen LogP contribution in [-0.2, 0) is 22.6 Å². The number of urea groups is 1. The van der Waals surface area contributed by atoms with Crippen LogP contribution >= 0.6 is 0 Å². The molecular weight excluding hydrogens is 463 g/mol. The molecule has 0 atom stereocenters. The number of rotatable bonds is 12. The number of nitriles is 1. The van der Waals surface area contributed by atoms with E-state index >= 15 is 0 Å². The first-order valence-corrected chi connectivity index (χ1v) is 11.7. The Morgan fingerprint density at radius 2 is 1.89 bits per heavy atom. The van der Waals surface area contributed by atoms with Crippen molar-refractivity contribution in [1.29, 1.82) is 5.26 Å². The summed E-state index contributed by atoms with van der Waals surface area (Å²) in [5, 5.41) is 11.9. The van der Waals surface area contributed by atoms with E-state index in [1.54, 1.807) is 53.4 Å². The number of carbonyl (C=O) groups excluding carboxylic acids is 2. The van der Waals surface area contributed by atoms with Crippen LogP contribution in [0.5, 0.6) is 0 Å². The number of nitrogens with zero attached hydrogens (tertiary/aromatic N) is 3. The molecule has 2 aromatic carbocycles. The molecule has 1 N–H and O–H groups in total. The Bertz CT molecular complexity index is 1160. The summed E-state index contributed by atoms with van der Waals surface area (Å²) in [7, 11) is 0. The molecule has 0 aliphatic rings. The minimum absolute atomic E-state index is 0.183. The fraction of sp³-hybridized carbons (Fsp3) is 0.296. The summed E-state index contributed by atoms with van der Waals surface area (Å²) in [6.07, 6.45) is 2.07. The molecule has 0 fully saturated rings. The predicted octanol–water partition coefficient (Wildman–Crippen LogP) is 4.78. The van der Waals surface area contributed by atoms with E-state index < -0.39 is 6.03 Å². The summed E-state index contributed by atoms with van der Waals surface area (Å²) < 4.78 is 24.2. The summed E-state index contributed by atoms with van der Waals surface area (Å²) >= 11 is 0. The fourth-order valence-corrected chi connectivity index (χ4v) is 3.52. The SMILES string of the molecule is CCOCCCN(CC(=O)N(Cc1ccc(F)cc1)Cc1ccco1)C(=O)Nc1cccc(C#N)c1. The zero-order valence-electron chi connectivity index (χ0n) is 20.2. The van der Waals surface area contributed by atoms with Crippen LogP contribution in [0.25, 0.3) is 0 Å². The van der Waals surface area contributed by atoms with Crippen LogP contribution in [0.4, 0.5) is 14.9 Å². The first-order chi connectivity index (χ1) is 17.5. The van der Waals surface area contributed by atoms with E-state index in [0.29, 0.717) is 43.2 Å². The van der Waals surface area contributed by atoms with Gasteiger partial charge >= 0.3 is 6.03 Å². The third-order valence-electron chi connectivity index (χ3n) is 5.34. The zero-order chi connectivity index (χ0) is 25.8. The van der Waals surface area contributed by atoms with Crippen molar-refractivity contribution in [3.8, 4) is 6.07 Å². The van der Waals surface area contributed by atoms with Gasteiger partial charge in [0, 0.05) is 32.0 Å².